The fourth-order valence-corrected chi connectivity index (χ4v) is 2.36. The van der Waals surface area contributed by atoms with Crippen LogP contribution >= 0.6 is 0 Å². The van der Waals surface area contributed by atoms with Gasteiger partial charge in [-0.1, -0.05) is 27.7 Å². The lowest BCUT2D eigenvalue weighted by molar-refractivity contribution is -0.136. The van der Waals surface area contributed by atoms with Crippen LogP contribution < -0.4 is 5.32 Å². The molecule has 0 amide bonds. The second-order valence-electron chi connectivity index (χ2n) is 6.31. The van der Waals surface area contributed by atoms with Gasteiger partial charge in [-0.05, 0) is 38.1 Å². The number of hydrogen-bond donors (Lipinski definition) is 1. The van der Waals surface area contributed by atoms with Crippen molar-refractivity contribution in [1.29, 1.82) is 0 Å². The van der Waals surface area contributed by atoms with Crippen molar-refractivity contribution in [3.63, 3.8) is 0 Å². The zero-order valence-electron chi connectivity index (χ0n) is 13.4. The van der Waals surface area contributed by atoms with Gasteiger partial charge in [-0.25, -0.2) is 0 Å². The summed E-state index contributed by atoms with van der Waals surface area (Å²) in [7, 11) is 0. The van der Waals surface area contributed by atoms with E-state index >= 15 is 0 Å². The maximum atomic E-state index is 12.3. The summed E-state index contributed by atoms with van der Waals surface area (Å²) in [6.07, 6.45) is -3.28. The Balaban J connectivity index is 4.64. The van der Waals surface area contributed by atoms with Crippen LogP contribution in [0.15, 0.2) is 0 Å². The Morgan fingerprint density at radius 1 is 1.10 bits per heavy atom. The summed E-state index contributed by atoms with van der Waals surface area (Å²) in [6, 6.07) is -0.0303. The number of alkyl halides is 3. The summed E-state index contributed by atoms with van der Waals surface area (Å²) in [4.78, 5) is 0. The zero-order valence-corrected chi connectivity index (χ0v) is 13.4. The van der Waals surface area contributed by atoms with E-state index in [1.807, 2.05) is 13.8 Å². The highest BCUT2D eigenvalue weighted by Gasteiger charge is 2.33. The Morgan fingerprint density at radius 3 is 2.10 bits per heavy atom. The van der Waals surface area contributed by atoms with Gasteiger partial charge < -0.3 is 10.1 Å². The fraction of sp³-hybridized carbons (Fsp3) is 1.00. The molecule has 0 heterocycles. The summed E-state index contributed by atoms with van der Waals surface area (Å²) in [5, 5.41) is 3.35. The Hall–Kier alpha value is -0.290. The monoisotopic (exact) mass is 297 g/mol. The van der Waals surface area contributed by atoms with Crippen LogP contribution in [0.4, 0.5) is 13.2 Å². The summed E-state index contributed by atoms with van der Waals surface area (Å²) < 4.78 is 42.7. The minimum atomic E-state index is -4.07. The van der Waals surface area contributed by atoms with E-state index in [2.05, 4.69) is 26.1 Å². The smallest absolute Gasteiger partial charge is 0.376 e. The molecule has 0 aromatic carbocycles. The van der Waals surface area contributed by atoms with Gasteiger partial charge in [-0.15, -0.1) is 0 Å². The molecule has 0 bridgehead atoms. The lowest BCUT2D eigenvalue weighted by Crippen LogP contribution is -2.48. The van der Waals surface area contributed by atoms with Crippen molar-refractivity contribution in [2.24, 2.45) is 5.41 Å². The Morgan fingerprint density at radius 2 is 1.70 bits per heavy atom. The van der Waals surface area contributed by atoms with E-state index in [1.54, 1.807) is 0 Å². The van der Waals surface area contributed by atoms with Crippen LogP contribution in [0.2, 0.25) is 0 Å². The minimum absolute atomic E-state index is 0.0303. The van der Waals surface area contributed by atoms with E-state index in [-0.39, 0.29) is 24.0 Å². The lowest BCUT2D eigenvalue weighted by Gasteiger charge is -2.37. The van der Waals surface area contributed by atoms with Crippen molar-refractivity contribution in [2.45, 2.75) is 78.6 Å². The highest BCUT2D eigenvalue weighted by Crippen LogP contribution is 2.29. The van der Waals surface area contributed by atoms with Gasteiger partial charge in [0, 0.05) is 19.1 Å². The molecule has 0 aromatic heterocycles. The van der Waals surface area contributed by atoms with Gasteiger partial charge >= 0.3 is 6.18 Å². The molecule has 0 aliphatic heterocycles. The van der Waals surface area contributed by atoms with Gasteiger partial charge in [0.25, 0.3) is 0 Å². The first-order chi connectivity index (χ1) is 9.11. The molecule has 2 atom stereocenters. The van der Waals surface area contributed by atoms with E-state index in [0.29, 0.717) is 13.0 Å². The quantitative estimate of drug-likeness (QED) is 0.674. The van der Waals surface area contributed by atoms with Gasteiger partial charge in [0.1, 0.15) is 0 Å². The average Bonchev–Trinajstić information content (AvgIpc) is 2.28. The van der Waals surface area contributed by atoms with Crippen LogP contribution in [-0.4, -0.2) is 31.5 Å². The van der Waals surface area contributed by atoms with Crippen molar-refractivity contribution >= 4 is 0 Å². The number of hydrogen-bond acceptors (Lipinski definition) is 2. The number of ether oxygens (including phenoxy) is 1. The normalized spacial score (nSPS) is 16.2. The molecule has 0 aliphatic rings. The van der Waals surface area contributed by atoms with Crippen molar-refractivity contribution in [3.8, 4) is 0 Å². The van der Waals surface area contributed by atoms with Gasteiger partial charge in [-0.3, -0.25) is 0 Å². The van der Waals surface area contributed by atoms with Crippen LogP contribution in [0.1, 0.15) is 60.3 Å². The second kappa shape index (κ2) is 8.88. The van der Waals surface area contributed by atoms with E-state index in [4.69, 9.17) is 4.74 Å². The molecule has 2 unspecified atom stereocenters. The third-order valence-electron chi connectivity index (χ3n) is 3.20. The van der Waals surface area contributed by atoms with Crippen molar-refractivity contribution in [3.05, 3.63) is 0 Å². The van der Waals surface area contributed by atoms with Crippen molar-refractivity contribution < 1.29 is 17.9 Å². The summed E-state index contributed by atoms with van der Waals surface area (Å²) in [5.74, 6) is 0. The largest absolute Gasteiger partial charge is 0.389 e. The van der Waals surface area contributed by atoms with Crippen molar-refractivity contribution in [2.75, 3.05) is 13.2 Å². The molecule has 0 aromatic rings. The average molecular weight is 297 g/mol. The fourth-order valence-electron chi connectivity index (χ4n) is 2.36. The highest BCUT2D eigenvalue weighted by molar-refractivity contribution is 4.86. The van der Waals surface area contributed by atoms with E-state index in [1.165, 1.54) is 0 Å². The molecule has 0 spiro atoms. The molecule has 1 N–H and O–H groups in total. The second-order valence-corrected chi connectivity index (χ2v) is 6.31. The van der Waals surface area contributed by atoms with Crippen LogP contribution in [-0.2, 0) is 4.74 Å². The molecule has 0 fully saturated rings. The molecule has 5 heteroatoms. The first-order valence-corrected chi connectivity index (χ1v) is 7.53. The Bertz CT molecular complexity index is 248. The third kappa shape index (κ3) is 8.80. The predicted molar refractivity (Wildman–Crippen MR) is 76.9 cm³/mol. The Labute approximate surface area is 121 Å². The minimum Gasteiger partial charge on any atom is -0.376 e. The number of nitrogens with one attached hydrogen (secondary N) is 1. The standard InChI is InChI=1S/C15H30F3NO/c1-6-11-19-12(9-8-10-15(16,17)18)13(20-7-2)14(3,4)5/h12-13,19H,6-11H2,1-5H3. The first kappa shape index (κ1) is 19.7. The van der Waals surface area contributed by atoms with E-state index in [9.17, 15) is 13.2 Å². The van der Waals surface area contributed by atoms with Gasteiger partial charge in [0.2, 0.25) is 0 Å². The number of rotatable bonds is 9. The molecule has 0 aliphatic carbocycles. The highest BCUT2D eigenvalue weighted by atomic mass is 19.4. The van der Waals surface area contributed by atoms with Gasteiger partial charge in [-0.2, -0.15) is 13.2 Å². The molecular weight excluding hydrogens is 267 g/mol. The van der Waals surface area contributed by atoms with E-state index < -0.39 is 12.6 Å². The zero-order chi connectivity index (χ0) is 15.8. The lowest BCUT2D eigenvalue weighted by atomic mass is 9.82. The third-order valence-corrected chi connectivity index (χ3v) is 3.20. The molecule has 20 heavy (non-hydrogen) atoms. The number of halogens is 3. The summed E-state index contributed by atoms with van der Waals surface area (Å²) >= 11 is 0. The summed E-state index contributed by atoms with van der Waals surface area (Å²) in [6.45, 7) is 11.5. The molecule has 0 saturated carbocycles. The maximum Gasteiger partial charge on any atom is 0.389 e. The summed E-state index contributed by atoms with van der Waals surface area (Å²) in [5.41, 5.74) is -0.0976. The van der Waals surface area contributed by atoms with Crippen LogP contribution in [0.5, 0.6) is 0 Å². The Kier molecular flexibility index (Phi) is 8.75. The van der Waals surface area contributed by atoms with Crippen molar-refractivity contribution in [1.82, 2.24) is 5.32 Å². The van der Waals surface area contributed by atoms with Gasteiger partial charge in [0.15, 0.2) is 0 Å². The van der Waals surface area contributed by atoms with Gasteiger partial charge in [0.05, 0.1) is 6.10 Å². The molecule has 122 valence electrons. The molecular formula is C15H30F3NO. The molecule has 2 nitrogen and oxygen atoms in total. The predicted octanol–water partition coefficient (Wildman–Crippen LogP) is 4.54. The van der Waals surface area contributed by atoms with Crippen LogP contribution in [0.3, 0.4) is 0 Å². The van der Waals surface area contributed by atoms with Crippen LogP contribution in [0.25, 0.3) is 0 Å². The molecule has 0 saturated heterocycles. The molecule has 0 radical (unpaired) electrons. The topological polar surface area (TPSA) is 21.3 Å². The molecule has 0 rings (SSSR count). The van der Waals surface area contributed by atoms with E-state index in [0.717, 1.165) is 13.0 Å². The maximum absolute atomic E-state index is 12.3. The SMILES string of the molecule is CCCNC(CCCC(F)(F)F)C(OCC)C(C)(C)C. The first-order valence-electron chi connectivity index (χ1n) is 7.53. The van der Waals surface area contributed by atoms with Crippen LogP contribution in [0, 0.1) is 5.41 Å².